The summed E-state index contributed by atoms with van der Waals surface area (Å²) in [5, 5.41) is 5.08. The third kappa shape index (κ3) is 2.85. The molecule has 3 nitrogen and oxygen atoms in total. The lowest BCUT2D eigenvalue weighted by molar-refractivity contribution is 0.0945. The highest BCUT2D eigenvalue weighted by molar-refractivity contribution is 7.17. The van der Waals surface area contributed by atoms with Gasteiger partial charge in [0.05, 0.1) is 10.2 Å². The fourth-order valence-corrected chi connectivity index (χ4v) is 3.38. The summed E-state index contributed by atoms with van der Waals surface area (Å²) in [7, 11) is 0. The molecule has 3 aromatic rings. The first-order valence-corrected chi connectivity index (χ1v) is 8.06. The van der Waals surface area contributed by atoms with Crippen molar-refractivity contribution in [3.8, 4) is 0 Å². The Balaban J connectivity index is 1.68. The zero-order valence-electron chi connectivity index (χ0n) is 12.0. The van der Waals surface area contributed by atoms with Crippen LogP contribution in [0.1, 0.15) is 23.0 Å². The van der Waals surface area contributed by atoms with Gasteiger partial charge in [0.15, 0.2) is 0 Å². The normalized spacial score (nSPS) is 10.9. The predicted octanol–water partition coefficient (Wildman–Crippen LogP) is 3.70. The Kier molecular flexibility index (Phi) is 4.06. The molecule has 21 heavy (non-hydrogen) atoms. The zero-order chi connectivity index (χ0) is 14.7. The molecule has 0 saturated heterocycles. The highest BCUT2D eigenvalue weighted by Crippen LogP contribution is 2.25. The van der Waals surface area contributed by atoms with Crippen molar-refractivity contribution in [1.29, 1.82) is 0 Å². The van der Waals surface area contributed by atoms with Crippen LogP contribution in [0.15, 0.2) is 47.8 Å². The molecule has 2 aromatic heterocycles. The van der Waals surface area contributed by atoms with Crippen LogP contribution in [0.3, 0.4) is 0 Å². The van der Waals surface area contributed by atoms with Crippen molar-refractivity contribution in [2.45, 2.75) is 19.9 Å². The number of hydrogen-bond donors (Lipinski definition) is 1. The van der Waals surface area contributed by atoms with Gasteiger partial charge in [0, 0.05) is 13.1 Å². The molecule has 1 N–H and O–H groups in total. The van der Waals surface area contributed by atoms with Crippen LogP contribution in [0.4, 0.5) is 0 Å². The van der Waals surface area contributed by atoms with Crippen molar-refractivity contribution in [2.75, 3.05) is 6.54 Å². The standard InChI is InChI=1S/C17H18N2OS/c1-2-19-14-9-11-21-16(14)12-15(19)17(20)18-10-8-13-6-4-3-5-7-13/h3-7,9,11-12H,2,8,10H2,1H3,(H,18,20). The first-order valence-electron chi connectivity index (χ1n) is 7.18. The monoisotopic (exact) mass is 298 g/mol. The Morgan fingerprint density at radius 1 is 1.24 bits per heavy atom. The average molecular weight is 298 g/mol. The van der Waals surface area contributed by atoms with Gasteiger partial charge < -0.3 is 9.88 Å². The average Bonchev–Trinajstić information content (AvgIpc) is 3.08. The van der Waals surface area contributed by atoms with Crippen LogP contribution in [0.5, 0.6) is 0 Å². The number of amides is 1. The maximum Gasteiger partial charge on any atom is 0.267 e. The number of nitrogens with one attached hydrogen (secondary N) is 1. The van der Waals surface area contributed by atoms with Crippen LogP contribution in [0.2, 0.25) is 0 Å². The molecule has 1 amide bonds. The van der Waals surface area contributed by atoms with Gasteiger partial charge in [-0.05, 0) is 36.4 Å². The van der Waals surface area contributed by atoms with E-state index in [2.05, 4.69) is 40.4 Å². The quantitative estimate of drug-likeness (QED) is 0.766. The van der Waals surface area contributed by atoms with Gasteiger partial charge in [-0.15, -0.1) is 11.3 Å². The van der Waals surface area contributed by atoms with Gasteiger partial charge in [0.1, 0.15) is 5.69 Å². The molecule has 0 atom stereocenters. The summed E-state index contributed by atoms with van der Waals surface area (Å²) in [4.78, 5) is 12.4. The Morgan fingerprint density at radius 3 is 2.81 bits per heavy atom. The van der Waals surface area contributed by atoms with Gasteiger partial charge in [-0.1, -0.05) is 30.3 Å². The maximum atomic E-state index is 12.4. The van der Waals surface area contributed by atoms with Crippen LogP contribution in [-0.2, 0) is 13.0 Å². The number of aryl methyl sites for hydroxylation is 1. The fraction of sp³-hybridized carbons (Fsp3) is 0.235. The smallest absolute Gasteiger partial charge is 0.267 e. The van der Waals surface area contributed by atoms with Gasteiger partial charge in [0.25, 0.3) is 5.91 Å². The molecular weight excluding hydrogens is 280 g/mol. The van der Waals surface area contributed by atoms with Crippen molar-refractivity contribution in [3.05, 3.63) is 59.1 Å². The van der Waals surface area contributed by atoms with E-state index in [0.717, 1.165) is 24.2 Å². The third-order valence-corrected chi connectivity index (χ3v) is 4.47. The van der Waals surface area contributed by atoms with E-state index in [1.165, 1.54) is 10.3 Å². The van der Waals surface area contributed by atoms with Crippen molar-refractivity contribution >= 4 is 27.5 Å². The number of carbonyl (C=O) groups excluding carboxylic acids is 1. The van der Waals surface area contributed by atoms with E-state index in [1.54, 1.807) is 11.3 Å². The van der Waals surface area contributed by atoms with E-state index >= 15 is 0 Å². The summed E-state index contributed by atoms with van der Waals surface area (Å²) < 4.78 is 3.24. The number of rotatable bonds is 5. The summed E-state index contributed by atoms with van der Waals surface area (Å²) in [6.07, 6.45) is 0.855. The first kappa shape index (κ1) is 13.9. The second kappa shape index (κ2) is 6.14. The molecule has 0 aliphatic carbocycles. The summed E-state index contributed by atoms with van der Waals surface area (Å²) >= 11 is 1.67. The van der Waals surface area contributed by atoms with E-state index in [-0.39, 0.29) is 5.91 Å². The summed E-state index contributed by atoms with van der Waals surface area (Å²) in [5.74, 6) is 0.0104. The molecule has 1 aromatic carbocycles. The van der Waals surface area contributed by atoms with Crippen molar-refractivity contribution in [1.82, 2.24) is 9.88 Å². The summed E-state index contributed by atoms with van der Waals surface area (Å²) in [6, 6.07) is 14.3. The second-order valence-corrected chi connectivity index (χ2v) is 5.88. The third-order valence-electron chi connectivity index (χ3n) is 3.61. The van der Waals surface area contributed by atoms with Gasteiger partial charge >= 0.3 is 0 Å². The molecule has 0 radical (unpaired) electrons. The van der Waals surface area contributed by atoms with E-state index in [4.69, 9.17) is 0 Å². The predicted molar refractivity (Wildman–Crippen MR) is 88.0 cm³/mol. The fourth-order valence-electron chi connectivity index (χ4n) is 2.56. The van der Waals surface area contributed by atoms with Crippen molar-refractivity contribution in [3.63, 3.8) is 0 Å². The molecule has 0 fully saturated rings. The number of carbonyl (C=O) groups is 1. The van der Waals surface area contributed by atoms with Gasteiger partial charge in [-0.2, -0.15) is 0 Å². The number of nitrogens with zero attached hydrogens (tertiary/aromatic N) is 1. The lowest BCUT2D eigenvalue weighted by Gasteiger charge is -2.08. The molecular formula is C17H18N2OS. The SMILES string of the molecule is CCn1c(C(=O)NCCc2ccccc2)cc2sccc21. The first-order chi connectivity index (χ1) is 10.3. The van der Waals surface area contributed by atoms with Crippen LogP contribution < -0.4 is 5.32 Å². The second-order valence-electron chi connectivity index (χ2n) is 4.94. The lowest BCUT2D eigenvalue weighted by Crippen LogP contribution is -2.27. The van der Waals surface area contributed by atoms with Gasteiger partial charge in [-0.25, -0.2) is 0 Å². The summed E-state index contributed by atoms with van der Waals surface area (Å²) in [6.45, 7) is 3.53. The number of aromatic nitrogens is 1. The van der Waals surface area contributed by atoms with Crippen molar-refractivity contribution in [2.24, 2.45) is 0 Å². The summed E-state index contributed by atoms with van der Waals surface area (Å²) in [5.41, 5.74) is 3.15. The number of fused-ring (bicyclic) bond motifs is 1. The Hall–Kier alpha value is -2.07. The minimum absolute atomic E-state index is 0.0104. The molecule has 2 heterocycles. The lowest BCUT2D eigenvalue weighted by atomic mass is 10.1. The number of benzene rings is 1. The molecule has 0 spiro atoms. The van der Waals surface area contributed by atoms with E-state index in [9.17, 15) is 4.79 Å². The highest BCUT2D eigenvalue weighted by Gasteiger charge is 2.14. The van der Waals surface area contributed by atoms with Crippen LogP contribution in [0, 0.1) is 0 Å². The molecule has 108 valence electrons. The minimum atomic E-state index is 0.0104. The van der Waals surface area contributed by atoms with Crippen LogP contribution in [-0.4, -0.2) is 17.0 Å². The Labute approximate surface area is 128 Å². The number of thiophene rings is 1. The van der Waals surface area contributed by atoms with E-state index in [0.29, 0.717) is 6.54 Å². The molecule has 0 unspecified atom stereocenters. The topological polar surface area (TPSA) is 34.0 Å². The van der Waals surface area contributed by atoms with Crippen LogP contribution >= 0.6 is 11.3 Å². The Morgan fingerprint density at radius 2 is 2.05 bits per heavy atom. The molecule has 4 heteroatoms. The van der Waals surface area contributed by atoms with E-state index in [1.807, 2.05) is 24.3 Å². The largest absolute Gasteiger partial charge is 0.350 e. The number of hydrogen-bond acceptors (Lipinski definition) is 2. The molecule has 0 bridgehead atoms. The molecule has 0 aliphatic heterocycles. The molecule has 0 saturated carbocycles. The minimum Gasteiger partial charge on any atom is -0.350 e. The molecule has 3 rings (SSSR count). The van der Waals surface area contributed by atoms with Crippen LogP contribution in [0.25, 0.3) is 10.2 Å². The Bertz CT molecular complexity index is 743. The van der Waals surface area contributed by atoms with Gasteiger partial charge in [-0.3, -0.25) is 4.79 Å². The molecule has 0 aliphatic rings. The van der Waals surface area contributed by atoms with Crippen molar-refractivity contribution < 1.29 is 4.79 Å². The zero-order valence-corrected chi connectivity index (χ0v) is 12.8. The highest BCUT2D eigenvalue weighted by atomic mass is 32.1. The maximum absolute atomic E-state index is 12.4. The van der Waals surface area contributed by atoms with E-state index < -0.39 is 0 Å². The van der Waals surface area contributed by atoms with Gasteiger partial charge in [0.2, 0.25) is 0 Å².